The number of hydrogen-bond acceptors (Lipinski definition) is 23. The van der Waals surface area contributed by atoms with E-state index in [1.807, 2.05) is 6.92 Å². The molecule has 0 aromatic rings. The Morgan fingerprint density at radius 1 is 0.610 bits per heavy atom. The summed E-state index contributed by atoms with van der Waals surface area (Å²) in [5.41, 5.74) is -2.12. The van der Waals surface area contributed by atoms with Crippen molar-refractivity contribution in [3.8, 4) is 0 Å². The second kappa shape index (κ2) is 21.7. The summed E-state index contributed by atoms with van der Waals surface area (Å²) >= 11 is 0. The van der Waals surface area contributed by atoms with Crippen LogP contribution in [0, 0.1) is 50.2 Å². The second-order valence-electron chi connectivity index (χ2n) is 26.0. The Morgan fingerprint density at radius 2 is 1.18 bits per heavy atom. The van der Waals surface area contributed by atoms with E-state index in [0.29, 0.717) is 57.8 Å². The van der Waals surface area contributed by atoms with E-state index in [4.69, 9.17) is 37.9 Å². The number of carbonyl (C=O) groups excluding carboxylic acids is 2. The Balaban J connectivity index is 0.900. The molecule has 0 amide bonds. The van der Waals surface area contributed by atoms with Gasteiger partial charge in [-0.3, -0.25) is 4.79 Å². The minimum Gasteiger partial charge on any atom is -0.432 e. The number of hydrogen-bond donors (Lipinski definition) is 13. The number of aliphatic hydroxyl groups excluding tert-OH is 13. The van der Waals surface area contributed by atoms with Gasteiger partial charge in [-0.2, -0.15) is 0 Å². The predicted molar refractivity (Wildman–Crippen MR) is 262 cm³/mol. The minimum absolute atomic E-state index is 0.108. The number of aldehydes is 1. The monoisotopic (exact) mass is 1100 g/mol. The van der Waals surface area contributed by atoms with Crippen LogP contribution in [0.1, 0.15) is 113 Å². The van der Waals surface area contributed by atoms with Crippen LogP contribution >= 0.6 is 0 Å². The van der Waals surface area contributed by atoms with Gasteiger partial charge in [0.2, 0.25) is 6.29 Å². The molecule has 9 aliphatic rings. The van der Waals surface area contributed by atoms with Crippen LogP contribution in [0.25, 0.3) is 0 Å². The standard InChI is InChI=1S/C54H86O23/c1-23-32(58)35(61)39(65)45(71-23)76-43-27(20-56)73-44(42(68)38(43)64)70-21-28-34(60)37(63)41(67)47(74-28)77-48(69)54-16-14-49(2,3)18-25(54)24-8-9-30-50(4)12-11-31(75-46-40(66)36(62)33(59)26(19-55)72-46)51(5,22-57)29(50)10-13-53(30,7)52(24,6)15-17-54/h8,22-23,25-47,55-56,58-68H,9-21H2,1-7H3/t23-,25-,26+,27+,28+,29+,30+,31-,32-,33+,34+,35+,36-,37-,38+,39+,40+,41+,42+,43+,44+,45-,46-,47-,50-,51-,52+,53+,54-/m0/s1. The third-order valence-corrected chi connectivity index (χ3v) is 21.3. The van der Waals surface area contributed by atoms with Crippen LogP contribution in [0.3, 0.4) is 0 Å². The highest BCUT2D eigenvalue weighted by molar-refractivity contribution is 5.79. The quantitative estimate of drug-likeness (QED) is 0.0442. The van der Waals surface area contributed by atoms with Gasteiger partial charge in [-0.15, -0.1) is 0 Å². The van der Waals surface area contributed by atoms with Gasteiger partial charge in [0.1, 0.15) is 97.8 Å². The molecule has 4 saturated carbocycles. The van der Waals surface area contributed by atoms with Gasteiger partial charge in [-0.1, -0.05) is 53.2 Å². The molecular formula is C54H86O23. The fraction of sp³-hybridized carbons (Fsp3) is 0.926. The molecule has 29 atom stereocenters. The van der Waals surface area contributed by atoms with Crippen LogP contribution in [0.4, 0.5) is 0 Å². The van der Waals surface area contributed by atoms with Crippen molar-refractivity contribution in [1.82, 2.24) is 0 Å². The Hall–Kier alpha value is -1.92. The molecule has 13 N–H and O–H groups in total. The summed E-state index contributed by atoms with van der Waals surface area (Å²) in [7, 11) is 0. The van der Waals surface area contributed by atoms with Crippen LogP contribution in [-0.2, 0) is 47.5 Å². The van der Waals surface area contributed by atoms with Gasteiger partial charge in [-0.25, -0.2) is 0 Å². The number of fused-ring (bicyclic) bond motifs is 7. The molecule has 440 valence electrons. The lowest BCUT2D eigenvalue weighted by molar-refractivity contribution is -0.361. The number of ether oxygens (including phenoxy) is 8. The van der Waals surface area contributed by atoms with Gasteiger partial charge in [0.15, 0.2) is 18.9 Å². The van der Waals surface area contributed by atoms with Crippen LogP contribution < -0.4 is 0 Å². The molecule has 0 aromatic carbocycles. The molecule has 5 aliphatic carbocycles. The lowest BCUT2D eigenvalue weighted by Crippen LogP contribution is -2.67. The molecule has 0 radical (unpaired) electrons. The third-order valence-electron chi connectivity index (χ3n) is 21.3. The summed E-state index contributed by atoms with van der Waals surface area (Å²) in [6.07, 6.45) is -23.3. The average molecular weight is 1100 g/mol. The van der Waals surface area contributed by atoms with E-state index in [1.54, 1.807) is 0 Å². The normalized spacial score (nSPS) is 54.6. The maximum absolute atomic E-state index is 15.1. The maximum atomic E-state index is 15.1. The molecule has 23 heteroatoms. The van der Waals surface area contributed by atoms with Gasteiger partial charge < -0.3 is 109 Å². The van der Waals surface area contributed by atoms with E-state index >= 15 is 4.79 Å². The molecule has 23 nitrogen and oxygen atoms in total. The first-order chi connectivity index (χ1) is 36.1. The van der Waals surface area contributed by atoms with Gasteiger partial charge in [0.05, 0.1) is 42.9 Å². The lowest BCUT2D eigenvalue weighted by Gasteiger charge is -2.71. The predicted octanol–water partition coefficient (Wildman–Crippen LogP) is -1.83. The number of allylic oxidation sites excluding steroid dienone is 2. The summed E-state index contributed by atoms with van der Waals surface area (Å²) in [4.78, 5) is 28.6. The zero-order valence-corrected chi connectivity index (χ0v) is 45.1. The molecule has 9 rings (SSSR count). The largest absolute Gasteiger partial charge is 0.432 e. The Bertz CT molecular complexity index is 2150. The van der Waals surface area contributed by atoms with Crippen LogP contribution in [-0.4, -0.2) is 227 Å². The summed E-state index contributed by atoms with van der Waals surface area (Å²) in [5.74, 6) is -0.937. The van der Waals surface area contributed by atoms with Crippen LogP contribution in [0.15, 0.2) is 11.6 Å². The molecule has 0 unspecified atom stereocenters. The molecule has 4 heterocycles. The van der Waals surface area contributed by atoms with Crippen molar-refractivity contribution in [3.05, 3.63) is 11.6 Å². The van der Waals surface area contributed by atoms with Gasteiger partial charge in [-0.05, 0) is 111 Å². The summed E-state index contributed by atoms with van der Waals surface area (Å²) in [5, 5.41) is 139. The molecule has 4 aliphatic heterocycles. The highest BCUT2D eigenvalue weighted by Gasteiger charge is 2.71. The minimum atomic E-state index is -1.89. The van der Waals surface area contributed by atoms with Crippen molar-refractivity contribution >= 4 is 12.3 Å². The Morgan fingerprint density at radius 3 is 1.83 bits per heavy atom. The Labute approximate surface area is 448 Å². The molecular weight excluding hydrogens is 1020 g/mol. The molecule has 0 spiro atoms. The van der Waals surface area contributed by atoms with Gasteiger partial charge in [0, 0.05) is 0 Å². The van der Waals surface area contributed by atoms with Crippen molar-refractivity contribution in [1.29, 1.82) is 0 Å². The third kappa shape index (κ3) is 9.71. The average Bonchev–Trinajstić information content (AvgIpc) is 3.53. The first kappa shape index (κ1) is 59.7. The number of carbonyl (C=O) groups is 2. The van der Waals surface area contributed by atoms with Gasteiger partial charge >= 0.3 is 5.97 Å². The molecule has 77 heavy (non-hydrogen) atoms. The zero-order valence-electron chi connectivity index (χ0n) is 45.1. The van der Waals surface area contributed by atoms with Crippen molar-refractivity contribution in [2.75, 3.05) is 19.8 Å². The van der Waals surface area contributed by atoms with Crippen molar-refractivity contribution in [3.63, 3.8) is 0 Å². The van der Waals surface area contributed by atoms with Crippen LogP contribution in [0.2, 0.25) is 0 Å². The summed E-state index contributed by atoms with van der Waals surface area (Å²) in [6.45, 7) is 12.6. The molecule has 0 bridgehead atoms. The number of rotatable bonds is 12. The highest BCUT2D eigenvalue weighted by atomic mass is 16.8. The fourth-order valence-corrected chi connectivity index (χ4v) is 16.2. The van der Waals surface area contributed by atoms with Crippen molar-refractivity contribution < 1.29 is 114 Å². The van der Waals surface area contributed by atoms with Crippen LogP contribution in [0.5, 0.6) is 0 Å². The topological polar surface area (TPSA) is 371 Å². The number of esters is 1. The first-order valence-corrected chi connectivity index (χ1v) is 27.7. The molecule has 8 fully saturated rings. The molecule has 4 saturated heterocycles. The summed E-state index contributed by atoms with van der Waals surface area (Å²) < 4.78 is 46.9. The van der Waals surface area contributed by atoms with E-state index in [0.717, 1.165) is 12.7 Å². The lowest BCUT2D eigenvalue weighted by atomic mass is 9.33. The smallest absolute Gasteiger partial charge is 0.315 e. The second-order valence-corrected chi connectivity index (χ2v) is 26.0. The number of aliphatic hydroxyl groups is 13. The van der Waals surface area contributed by atoms with E-state index < -0.39 is 171 Å². The molecule has 0 aromatic heterocycles. The highest BCUT2D eigenvalue weighted by Crippen LogP contribution is 2.76. The van der Waals surface area contributed by atoms with Crippen molar-refractivity contribution in [2.24, 2.45) is 50.2 Å². The fourth-order valence-electron chi connectivity index (χ4n) is 16.2. The van der Waals surface area contributed by atoms with E-state index in [1.165, 1.54) is 12.5 Å². The van der Waals surface area contributed by atoms with E-state index in [2.05, 4.69) is 40.7 Å². The van der Waals surface area contributed by atoms with Crippen molar-refractivity contribution in [2.45, 2.75) is 242 Å². The zero-order chi connectivity index (χ0) is 56.3. The summed E-state index contributed by atoms with van der Waals surface area (Å²) in [6, 6.07) is 0. The first-order valence-electron chi connectivity index (χ1n) is 27.7. The van der Waals surface area contributed by atoms with Gasteiger partial charge in [0.25, 0.3) is 0 Å². The van der Waals surface area contributed by atoms with E-state index in [-0.39, 0.29) is 34.0 Å². The van der Waals surface area contributed by atoms with E-state index in [9.17, 15) is 71.2 Å². The SMILES string of the molecule is C[C@@H]1O[C@@H](O[C@H]2[C@H](O)[C@@H](O)[C@H](OC[C@H]3O[C@@H](OC(=O)[C@]45CCC(C)(C)C[C@H]4C4=CC[C@@H]6[C@@]7(C)CC[C@H](O[C@@H]8O[C@H](CO)[C@@H](O)[C@H](O)[C@H]8O)[C@@](C)(C=O)[C@@H]7CC[C@@]6(C)[C@]4(C)CC5)[C@H](O)[C@@H](O)[C@@H]3O)O[C@@H]2CO)[C@H](O)[C@H](O)[C@H]1O. The maximum Gasteiger partial charge on any atom is 0.315 e. The Kier molecular flexibility index (Phi) is 16.8.